The smallest absolute Gasteiger partial charge is 0.126 e. The lowest BCUT2D eigenvalue weighted by Crippen LogP contribution is -2.21. The zero-order valence-corrected chi connectivity index (χ0v) is 8.90. The summed E-state index contributed by atoms with van der Waals surface area (Å²) < 4.78 is 0. The third-order valence-corrected chi connectivity index (χ3v) is 2.81. The zero-order chi connectivity index (χ0) is 10.8. The van der Waals surface area contributed by atoms with Crippen molar-refractivity contribution in [3.63, 3.8) is 0 Å². The summed E-state index contributed by atoms with van der Waals surface area (Å²) in [7, 11) is 0. The predicted octanol–water partition coefficient (Wildman–Crippen LogP) is 1.16. The van der Waals surface area contributed by atoms with Crippen LogP contribution >= 0.6 is 0 Å². The van der Waals surface area contributed by atoms with Gasteiger partial charge >= 0.3 is 0 Å². The van der Waals surface area contributed by atoms with Crippen molar-refractivity contribution in [2.75, 3.05) is 17.6 Å². The van der Waals surface area contributed by atoms with Gasteiger partial charge in [0.25, 0.3) is 0 Å². The van der Waals surface area contributed by atoms with E-state index in [1.54, 1.807) is 6.20 Å². The normalized spacial score (nSPS) is 17.5. The Kier molecular flexibility index (Phi) is 2.77. The summed E-state index contributed by atoms with van der Waals surface area (Å²) in [5.41, 5.74) is 7.37. The predicted molar refractivity (Wildman–Crippen MR) is 60.6 cm³/mol. The number of nitrogens with one attached hydrogen (secondary N) is 1. The van der Waals surface area contributed by atoms with Gasteiger partial charge in [-0.05, 0) is 37.3 Å². The van der Waals surface area contributed by atoms with Crippen LogP contribution in [0.15, 0.2) is 12.3 Å². The molecule has 0 bridgehead atoms. The SMILES string of the molecule is Cc1cc(NCC(O)C2CC2)ncc1N. The molecule has 1 aliphatic rings. The van der Waals surface area contributed by atoms with Gasteiger partial charge in [-0.1, -0.05) is 0 Å². The van der Waals surface area contributed by atoms with Crippen LogP contribution in [0.3, 0.4) is 0 Å². The van der Waals surface area contributed by atoms with Crippen LogP contribution < -0.4 is 11.1 Å². The van der Waals surface area contributed by atoms with Crippen molar-refractivity contribution in [1.82, 2.24) is 4.98 Å². The molecular weight excluding hydrogens is 190 g/mol. The molecule has 15 heavy (non-hydrogen) atoms. The number of hydrogen-bond donors (Lipinski definition) is 3. The Balaban J connectivity index is 1.89. The van der Waals surface area contributed by atoms with Crippen molar-refractivity contribution in [2.45, 2.75) is 25.9 Å². The molecule has 0 amide bonds. The summed E-state index contributed by atoms with van der Waals surface area (Å²) in [6.45, 7) is 2.51. The van der Waals surface area contributed by atoms with Gasteiger partial charge in [0.2, 0.25) is 0 Å². The van der Waals surface area contributed by atoms with Gasteiger partial charge in [0.1, 0.15) is 5.82 Å². The summed E-state index contributed by atoms with van der Waals surface area (Å²) in [5, 5.41) is 12.8. The van der Waals surface area contributed by atoms with Gasteiger partial charge in [-0.15, -0.1) is 0 Å². The van der Waals surface area contributed by atoms with E-state index in [2.05, 4.69) is 10.3 Å². The van der Waals surface area contributed by atoms with Gasteiger partial charge in [0.15, 0.2) is 0 Å². The molecule has 1 unspecified atom stereocenters. The highest BCUT2D eigenvalue weighted by molar-refractivity contribution is 5.50. The fourth-order valence-electron chi connectivity index (χ4n) is 1.52. The Morgan fingerprint density at radius 2 is 2.40 bits per heavy atom. The molecule has 1 fully saturated rings. The molecule has 0 saturated heterocycles. The van der Waals surface area contributed by atoms with Gasteiger partial charge in [-0.25, -0.2) is 4.98 Å². The second-order valence-electron chi connectivity index (χ2n) is 4.21. The summed E-state index contributed by atoms with van der Waals surface area (Å²) in [6.07, 6.45) is 3.69. The van der Waals surface area contributed by atoms with Crippen LogP contribution in [0.4, 0.5) is 11.5 Å². The molecule has 1 aromatic heterocycles. The maximum atomic E-state index is 9.66. The van der Waals surface area contributed by atoms with Gasteiger partial charge < -0.3 is 16.2 Å². The van der Waals surface area contributed by atoms with Crippen molar-refractivity contribution in [2.24, 2.45) is 5.92 Å². The van der Waals surface area contributed by atoms with E-state index in [1.807, 2.05) is 13.0 Å². The van der Waals surface area contributed by atoms with E-state index in [4.69, 9.17) is 5.73 Å². The number of anilines is 2. The van der Waals surface area contributed by atoms with E-state index in [1.165, 1.54) is 0 Å². The summed E-state index contributed by atoms with van der Waals surface area (Å²) >= 11 is 0. The first-order chi connectivity index (χ1) is 7.16. The standard InChI is InChI=1S/C11H17N3O/c1-7-4-11(13-5-9(7)12)14-6-10(15)8-2-3-8/h4-5,8,10,15H,2-3,6,12H2,1H3,(H,13,14). The molecule has 1 atom stereocenters. The third kappa shape index (κ3) is 2.59. The van der Waals surface area contributed by atoms with Crippen LogP contribution in [0.25, 0.3) is 0 Å². The number of aryl methyl sites for hydroxylation is 1. The van der Waals surface area contributed by atoms with Crippen LogP contribution in [-0.4, -0.2) is 22.7 Å². The average Bonchev–Trinajstić information content (AvgIpc) is 3.03. The number of aliphatic hydroxyl groups excluding tert-OH is 1. The minimum Gasteiger partial charge on any atom is -0.397 e. The molecule has 82 valence electrons. The number of pyridine rings is 1. The van der Waals surface area contributed by atoms with Crippen molar-refractivity contribution in [3.8, 4) is 0 Å². The second kappa shape index (κ2) is 4.06. The average molecular weight is 207 g/mol. The van der Waals surface area contributed by atoms with Crippen molar-refractivity contribution in [3.05, 3.63) is 17.8 Å². The Morgan fingerprint density at radius 1 is 1.67 bits per heavy atom. The maximum Gasteiger partial charge on any atom is 0.126 e. The molecule has 0 aliphatic heterocycles. The van der Waals surface area contributed by atoms with Crippen molar-refractivity contribution >= 4 is 11.5 Å². The molecule has 0 radical (unpaired) electrons. The highest BCUT2D eigenvalue weighted by Crippen LogP contribution is 2.32. The van der Waals surface area contributed by atoms with Crippen LogP contribution in [0.5, 0.6) is 0 Å². The largest absolute Gasteiger partial charge is 0.397 e. The molecule has 4 N–H and O–H groups in total. The van der Waals surface area contributed by atoms with Gasteiger partial charge in [0.05, 0.1) is 18.0 Å². The molecule has 0 aromatic carbocycles. The van der Waals surface area contributed by atoms with E-state index >= 15 is 0 Å². The fraction of sp³-hybridized carbons (Fsp3) is 0.545. The first kappa shape index (κ1) is 10.2. The molecule has 4 nitrogen and oxygen atoms in total. The number of aromatic nitrogens is 1. The van der Waals surface area contributed by atoms with E-state index in [0.29, 0.717) is 18.2 Å². The summed E-state index contributed by atoms with van der Waals surface area (Å²) in [5.74, 6) is 1.27. The van der Waals surface area contributed by atoms with Crippen molar-refractivity contribution < 1.29 is 5.11 Å². The Hall–Kier alpha value is -1.29. The number of nitrogens with zero attached hydrogens (tertiary/aromatic N) is 1. The minimum atomic E-state index is -0.246. The maximum absolute atomic E-state index is 9.66. The highest BCUT2D eigenvalue weighted by atomic mass is 16.3. The first-order valence-electron chi connectivity index (χ1n) is 5.31. The van der Waals surface area contributed by atoms with E-state index in [-0.39, 0.29) is 6.10 Å². The molecule has 4 heteroatoms. The van der Waals surface area contributed by atoms with Gasteiger partial charge in [-0.3, -0.25) is 0 Å². The fourth-order valence-corrected chi connectivity index (χ4v) is 1.52. The molecule has 1 heterocycles. The number of hydrogen-bond acceptors (Lipinski definition) is 4. The summed E-state index contributed by atoms with van der Waals surface area (Å²) in [4.78, 5) is 4.14. The van der Waals surface area contributed by atoms with Gasteiger partial charge in [0, 0.05) is 6.54 Å². The second-order valence-corrected chi connectivity index (χ2v) is 4.21. The van der Waals surface area contributed by atoms with Crippen LogP contribution in [0.2, 0.25) is 0 Å². The topological polar surface area (TPSA) is 71.2 Å². The van der Waals surface area contributed by atoms with E-state index in [0.717, 1.165) is 24.2 Å². The van der Waals surface area contributed by atoms with Crippen LogP contribution in [0, 0.1) is 12.8 Å². The van der Waals surface area contributed by atoms with Gasteiger partial charge in [-0.2, -0.15) is 0 Å². The quantitative estimate of drug-likeness (QED) is 0.692. The lowest BCUT2D eigenvalue weighted by molar-refractivity contribution is 0.164. The van der Waals surface area contributed by atoms with E-state index < -0.39 is 0 Å². The van der Waals surface area contributed by atoms with Crippen LogP contribution in [-0.2, 0) is 0 Å². The zero-order valence-electron chi connectivity index (χ0n) is 8.90. The van der Waals surface area contributed by atoms with E-state index in [9.17, 15) is 5.11 Å². The first-order valence-corrected chi connectivity index (χ1v) is 5.31. The molecule has 1 aromatic rings. The number of aliphatic hydroxyl groups is 1. The lowest BCUT2D eigenvalue weighted by atomic mass is 10.2. The molecule has 1 aliphatic carbocycles. The third-order valence-electron chi connectivity index (χ3n) is 2.81. The Labute approximate surface area is 89.5 Å². The number of nitrogen functional groups attached to an aromatic ring is 1. The van der Waals surface area contributed by atoms with Crippen LogP contribution in [0.1, 0.15) is 18.4 Å². The highest BCUT2D eigenvalue weighted by Gasteiger charge is 2.29. The summed E-state index contributed by atoms with van der Waals surface area (Å²) in [6, 6.07) is 1.90. The molecule has 0 spiro atoms. The Bertz CT molecular complexity index is 350. The molecular formula is C11H17N3O. The molecule has 2 rings (SSSR count). The monoisotopic (exact) mass is 207 g/mol. The number of nitrogens with two attached hydrogens (primary N) is 1. The van der Waals surface area contributed by atoms with Crippen molar-refractivity contribution in [1.29, 1.82) is 0 Å². The Morgan fingerprint density at radius 3 is 3.00 bits per heavy atom. The lowest BCUT2D eigenvalue weighted by Gasteiger charge is -2.11. The molecule has 1 saturated carbocycles. The minimum absolute atomic E-state index is 0.246. The number of rotatable bonds is 4.